The minimum Gasteiger partial charge on any atom is -0.486 e. The Bertz CT molecular complexity index is 1060. The molecule has 12 heteroatoms. The fourth-order valence-corrected chi connectivity index (χ4v) is 6.89. The number of thiophene rings is 1. The third-order valence-electron chi connectivity index (χ3n) is 4.52. The van der Waals surface area contributed by atoms with Gasteiger partial charge in [0.25, 0.3) is 11.8 Å². The fourth-order valence-electron chi connectivity index (χ4n) is 3.02. The Balaban J connectivity index is 1.44. The molecule has 1 saturated heterocycles. The molecule has 0 aliphatic carbocycles. The average molecular weight is 470 g/mol. The number of amides is 2. The molecule has 2 amide bonds. The van der Waals surface area contributed by atoms with Gasteiger partial charge >= 0.3 is 0 Å². The van der Waals surface area contributed by atoms with Crippen LogP contribution in [0.1, 0.15) is 20.0 Å². The monoisotopic (exact) mass is 469 g/mol. The number of sulfonamides is 1. The predicted molar refractivity (Wildman–Crippen MR) is 113 cm³/mol. The quantitative estimate of drug-likeness (QED) is 0.650. The van der Waals surface area contributed by atoms with Crippen molar-refractivity contribution in [3.8, 4) is 11.5 Å². The molecule has 0 bridgehead atoms. The van der Waals surface area contributed by atoms with Crippen molar-refractivity contribution >= 4 is 44.9 Å². The number of fused-ring (bicyclic) bond motifs is 1. The number of hydrogen-bond acceptors (Lipinski definition) is 8. The van der Waals surface area contributed by atoms with Crippen molar-refractivity contribution in [2.24, 2.45) is 0 Å². The molecule has 2 N–H and O–H groups in total. The van der Waals surface area contributed by atoms with E-state index in [0.717, 1.165) is 22.8 Å². The number of rotatable bonds is 4. The van der Waals surface area contributed by atoms with Gasteiger partial charge in [0.15, 0.2) is 11.5 Å². The molecular formula is C18H19N3O6S3. The van der Waals surface area contributed by atoms with Crippen molar-refractivity contribution in [3.05, 3.63) is 40.1 Å². The molecule has 0 unspecified atom stereocenters. The average Bonchev–Trinajstić information content (AvgIpc) is 3.28. The van der Waals surface area contributed by atoms with Crippen LogP contribution in [0.15, 0.2) is 34.5 Å². The molecule has 2 aromatic rings. The van der Waals surface area contributed by atoms with Gasteiger partial charge in [-0.2, -0.15) is 16.1 Å². The van der Waals surface area contributed by atoms with Crippen LogP contribution >= 0.6 is 23.1 Å². The van der Waals surface area contributed by atoms with Crippen molar-refractivity contribution in [2.45, 2.75) is 4.90 Å². The van der Waals surface area contributed by atoms with Crippen LogP contribution in [0.4, 0.5) is 0 Å². The van der Waals surface area contributed by atoms with Gasteiger partial charge < -0.3 is 9.47 Å². The third kappa shape index (κ3) is 4.26. The van der Waals surface area contributed by atoms with Crippen LogP contribution in [0.5, 0.6) is 11.5 Å². The summed E-state index contributed by atoms with van der Waals surface area (Å²) in [6.07, 6.45) is 0. The summed E-state index contributed by atoms with van der Waals surface area (Å²) in [5, 5.41) is 1.54. The Labute approximate surface area is 181 Å². The molecule has 1 aromatic carbocycles. The maximum Gasteiger partial charge on any atom is 0.281 e. The van der Waals surface area contributed by atoms with Crippen molar-refractivity contribution in [1.29, 1.82) is 0 Å². The second-order valence-corrected chi connectivity index (χ2v) is 10.4. The highest BCUT2D eigenvalue weighted by atomic mass is 32.2. The first-order valence-electron chi connectivity index (χ1n) is 9.12. The summed E-state index contributed by atoms with van der Waals surface area (Å²) >= 11 is 2.70. The molecule has 4 rings (SSSR count). The number of thioether (sulfide) groups is 1. The van der Waals surface area contributed by atoms with Gasteiger partial charge in [-0.15, -0.1) is 11.3 Å². The minimum atomic E-state index is -3.77. The first-order valence-corrected chi connectivity index (χ1v) is 12.6. The molecule has 1 fully saturated rings. The maximum absolute atomic E-state index is 12.9. The summed E-state index contributed by atoms with van der Waals surface area (Å²) < 4.78 is 38.0. The number of hydrazine groups is 1. The maximum atomic E-state index is 12.9. The molecule has 0 atom stereocenters. The zero-order chi connectivity index (χ0) is 21.1. The highest BCUT2D eigenvalue weighted by Gasteiger charge is 2.31. The van der Waals surface area contributed by atoms with Gasteiger partial charge in [0, 0.05) is 30.2 Å². The molecule has 2 aliphatic rings. The SMILES string of the molecule is O=C(NNC(=O)c1sccc1S(=O)(=O)N1CCSCC1)c1ccc2c(c1)OCCO2. The molecule has 9 nitrogen and oxygen atoms in total. The molecular weight excluding hydrogens is 450 g/mol. The van der Waals surface area contributed by atoms with Gasteiger partial charge in [0.2, 0.25) is 10.0 Å². The van der Waals surface area contributed by atoms with E-state index < -0.39 is 21.8 Å². The topological polar surface area (TPSA) is 114 Å². The third-order valence-corrected chi connectivity index (χ3v) is 8.44. The molecule has 0 spiro atoms. The smallest absolute Gasteiger partial charge is 0.281 e. The Hall–Kier alpha value is -2.28. The van der Waals surface area contributed by atoms with Gasteiger partial charge in [-0.1, -0.05) is 0 Å². The summed E-state index contributed by atoms with van der Waals surface area (Å²) in [5.74, 6) is 1.18. The summed E-state index contributed by atoms with van der Waals surface area (Å²) in [6, 6.07) is 6.10. The lowest BCUT2D eigenvalue weighted by molar-refractivity contribution is 0.0846. The Kier molecular flexibility index (Phi) is 6.18. The lowest BCUT2D eigenvalue weighted by Gasteiger charge is -2.25. The zero-order valence-corrected chi connectivity index (χ0v) is 18.2. The number of benzene rings is 1. The standard InChI is InChI=1S/C18H19N3O6S3/c22-17(12-1-2-13-14(11-12)27-7-6-26-13)19-20-18(23)16-15(3-8-29-16)30(24,25)21-4-9-28-10-5-21/h1-3,8,11H,4-7,9-10H2,(H,19,22)(H,20,23). The van der Waals surface area contributed by atoms with E-state index in [-0.39, 0.29) is 15.3 Å². The van der Waals surface area contributed by atoms with Crippen LogP contribution in [0.25, 0.3) is 0 Å². The number of carbonyl (C=O) groups is 2. The molecule has 1 aromatic heterocycles. The molecule has 30 heavy (non-hydrogen) atoms. The molecule has 0 radical (unpaired) electrons. The van der Waals surface area contributed by atoms with Crippen molar-refractivity contribution < 1.29 is 27.5 Å². The predicted octanol–water partition coefficient (Wildman–Crippen LogP) is 1.33. The zero-order valence-electron chi connectivity index (χ0n) is 15.8. The lowest BCUT2D eigenvalue weighted by atomic mass is 10.2. The molecule has 160 valence electrons. The molecule has 0 saturated carbocycles. The van der Waals surface area contributed by atoms with E-state index in [2.05, 4.69) is 10.9 Å². The van der Waals surface area contributed by atoms with E-state index >= 15 is 0 Å². The second-order valence-electron chi connectivity index (χ2n) is 6.40. The minimum absolute atomic E-state index is 0.0238. The van der Waals surface area contributed by atoms with Gasteiger partial charge in [0.05, 0.1) is 0 Å². The number of hydrogen-bond donors (Lipinski definition) is 2. The normalized spacial score (nSPS) is 16.7. The molecule has 2 aliphatic heterocycles. The van der Waals surface area contributed by atoms with Crippen LogP contribution in [0, 0.1) is 0 Å². The fraction of sp³-hybridized carbons (Fsp3) is 0.333. The summed E-state index contributed by atoms with van der Waals surface area (Å²) in [4.78, 5) is 24.9. The van der Waals surface area contributed by atoms with Crippen molar-refractivity contribution in [3.63, 3.8) is 0 Å². The highest BCUT2D eigenvalue weighted by molar-refractivity contribution is 7.99. The van der Waals surface area contributed by atoms with E-state index in [0.29, 0.717) is 37.8 Å². The van der Waals surface area contributed by atoms with Crippen LogP contribution in [0.3, 0.4) is 0 Å². The van der Waals surface area contributed by atoms with Gasteiger partial charge in [0.1, 0.15) is 23.0 Å². The highest BCUT2D eigenvalue weighted by Crippen LogP contribution is 2.31. The Morgan fingerprint density at radius 2 is 1.67 bits per heavy atom. The van der Waals surface area contributed by atoms with E-state index in [1.165, 1.54) is 16.4 Å². The molecule has 3 heterocycles. The largest absolute Gasteiger partial charge is 0.486 e. The summed E-state index contributed by atoms with van der Waals surface area (Å²) in [6.45, 7) is 1.65. The van der Waals surface area contributed by atoms with Gasteiger partial charge in [-0.25, -0.2) is 8.42 Å². The second kappa shape index (κ2) is 8.84. The number of nitrogens with one attached hydrogen (secondary N) is 2. The first-order chi connectivity index (χ1) is 14.5. The Morgan fingerprint density at radius 3 is 2.43 bits per heavy atom. The Morgan fingerprint density at radius 1 is 0.967 bits per heavy atom. The van der Waals surface area contributed by atoms with Crippen LogP contribution in [-0.2, 0) is 10.0 Å². The summed E-state index contributed by atoms with van der Waals surface area (Å²) in [7, 11) is -3.77. The van der Waals surface area contributed by atoms with Crippen LogP contribution in [-0.4, -0.2) is 62.3 Å². The van der Waals surface area contributed by atoms with Gasteiger partial charge in [-0.05, 0) is 29.6 Å². The van der Waals surface area contributed by atoms with Crippen LogP contribution in [0.2, 0.25) is 0 Å². The number of ether oxygens (including phenoxy) is 2. The number of nitrogens with zero attached hydrogens (tertiary/aromatic N) is 1. The number of carbonyl (C=O) groups excluding carboxylic acids is 2. The van der Waals surface area contributed by atoms with E-state index in [4.69, 9.17) is 9.47 Å². The lowest BCUT2D eigenvalue weighted by Crippen LogP contribution is -2.42. The van der Waals surface area contributed by atoms with Crippen molar-refractivity contribution in [1.82, 2.24) is 15.2 Å². The van der Waals surface area contributed by atoms with Gasteiger partial charge in [-0.3, -0.25) is 20.4 Å². The summed E-state index contributed by atoms with van der Waals surface area (Å²) in [5.41, 5.74) is 4.87. The van der Waals surface area contributed by atoms with Crippen molar-refractivity contribution in [2.75, 3.05) is 37.8 Å². The first kappa shape index (κ1) is 21.0. The van der Waals surface area contributed by atoms with E-state index in [1.54, 1.807) is 29.3 Å². The van der Waals surface area contributed by atoms with E-state index in [9.17, 15) is 18.0 Å². The van der Waals surface area contributed by atoms with E-state index in [1.807, 2.05) is 0 Å². The van der Waals surface area contributed by atoms with Crippen LogP contribution < -0.4 is 20.3 Å².